The Labute approximate surface area is 214 Å². The molecule has 2 atom stereocenters. The SMILES string of the molecule is N#CC(c1scnc1C(F)F)N1CCOCC1.N#CC(c1scnc1C1CC1)N1CCC(F)(F)CC1. The summed E-state index contributed by atoms with van der Waals surface area (Å²) in [5.41, 5.74) is 3.88. The quantitative estimate of drug-likeness (QED) is 0.458. The maximum absolute atomic E-state index is 13.2. The summed E-state index contributed by atoms with van der Waals surface area (Å²) < 4.78 is 57.0. The molecule has 0 radical (unpaired) electrons. The lowest BCUT2D eigenvalue weighted by molar-refractivity contribution is -0.0593. The van der Waals surface area contributed by atoms with E-state index in [9.17, 15) is 22.8 Å². The van der Waals surface area contributed by atoms with Crippen molar-refractivity contribution >= 4 is 22.7 Å². The average Bonchev–Trinajstić information content (AvgIpc) is 3.39. The molecule has 2 aromatic heterocycles. The number of morpholine rings is 1. The van der Waals surface area contributed by atoms with E-state index in [2.05, 4.69) is 22.1 Å². The van der Waals surface area contributed by atoms with Crippen molar-refractivity contribution < 1.29 is 22.3 Å². The molecule has 4 heterocycles. The second-order valence-electron chi connectivity index (χ2n) is 8.88. The van der Waals surface area contributed by atoms with Gasteiger partial charge in [0.25, 0.3) is 12.3 Å². The number of alkyl halides is 4. The molecule has 36 heavy (non-hydrogen) atoms. The summed E-state index contributed by atoms with van der Waals surface area (Å²) in [7, 11) is 0. The first-order valence-electron chi connectivity index (χ1n) is 11.7. The number of aromatic nitrogens is 2. The van der Waals surface area contributed by atoms with E-state index in [4.69, 9.17) is 10.00 Å². The smallest absolute Gasteiger partial charge is 0.281 e. The monoisotopic (exact) mass is 542 g/mol. The lowest BCUT2D eigenvalue weighted by atomic mass is 10.0. The van der Waals surface area contributed by atoms with Crippen molar-refractivity contribution in [3.8, 4) is 12.1 Å². The van der Waals surface area contributed by atoms with Crippen LogP contribution in [0.1, 0.15) is 71.3 Å². The first kappa shape index (κ1) is 26.9. The van der Waals surface area contributed by atoms with Crippen LogP contribution in [0.25, 0.3) is 0 Å². The van der Waals surface area contributed by atoms with Gasteiger partial charge in [-0.15, -0.1) is 22.7 Å². The van der Waals surface area contributed by atoms with Crippen LogP contribution < -0.4 is 0 Å². The summed E-state index contributed by atoms with van der Waals surface area (Å²) in [4.78, 5) is 13.0. The lowest BCUT2D eigenvalue weighted by Crippen LogP contribution is -2.41. The Morgan fingerprint density at radius 1 is 0.917 bits per heavy atom. The van der Waals surface area contributed by atoms with E-state index in [1.165, 1.54) is 16.8 Å². The highest BCUT2D eigenvalue weighted by molar-refractivity contribution is 7.10. The zero-order valence-corrected chi connectivity index (χ0v) is 21.1. The van der Waals surface area contributed by atoms with Gasteiger partial charge in [-0.25, -0.2) is 27.5 Å². The summed E-state index contributed by atoms with van der Waals surface area (Å²) in [6, 6.07) is 3.31. The van der Waals surface area contributed by atoms with Crippen LogP contribution in [0, 0.1) is 22.7 Å². The molecule has 3 fully saturated rings. The fourth-order valence-corrected chi connectivity index (χ4v) is 6.15. The van der Waals surface area contributed by atoms with Gasteiger partial charge in [-0.3, -0.25) is 9.80 Å². The Balaban J connectivity index is 0.000000170. The van der Waals surface area contributed by atoms with Gasteiger partial charge in [0.1, 0.15) is 17.8 Å². The number of ether oxygens (including phenoxy) is 1. The minimum absolute atomic E-state index is 0.150. The molecule has 1 saturated carbocycles. The predicted molar refractivity (Wildman–Crippen MR) is 126 cm³/mol. The Bertz CT molecular complexity index is 1080. The third-order valence-electron chi connectivity index (χ3n) is 6.47. The molecule has 0 N–H and O–H groups in total. The van der Waals surface area contributed by atoms with Gasteiger partial charge in [0, 0.05) is 44.9 Å². The summed E-state index contributed by atoms with van der Waals surface area (Å²) >= 11 is 2.59. The highest BCUT2D eigenvalue weighted by atomic mass is 32.1. The van der Waals surface area contributed by atoms with Gasteiger partial charge < -0.3 is 4.74 Å². The third kappa shape index (κ3) is 6.39. The molecular formula is C23H26F4N6OS2. The second-order valence-corrected chi connectivity index (χ2v) is 10.7. The molecule has 3 aliphatic rings. The van der Waals surface area contributed by atoms with Crippen molar-refractivity contribution in [2.24, 2.45) is 0 Å². The number of halogens is 4. The minimum atomic E-state index is -2.63. The molecule has 2 unspecified atom stereocenters. The van der Waals surface area contributed by atoms with Crippen molar-refractivity contribution in [2.45, 2.75) is 56.0 Å². The minimum Gasteiger partial charge on any atom is -0.379 e. The van der Waals surface area contributed by atoms with Crippen LogP contribution in [0.4, 0.5) is 17.6 Å². The van der Waals surface area contributed by atoms with E-state index < -0.39 is 24.4 Å². The van der Waals surface area contributed by atoms with Gasteiger partial charge in [-0.05, 0) is 12.8 Å². The molecule has 2 aliphatic heterocycles. The Hall–Kier alpha value is -2.16. The number of hydrogen-bond donors (Lipinski definition) is 0. The Morgan fingerprint density at radius 3 is 2.06 bits per heavy atom. The predicted octanol–water partition coefficient (Wildman–Crippen LogP) is 5.29. The van der Waals surface area contributed by atoms with Crippen LogP contribution in [0.2, 0.25) is 0 Å². The largest absolute Gasteiger partial charge is 0.379 e. The molecule has 0 aromatic carbocycles. The van der Waals surface area contributed by atoms with Crippen molar-refractivity contribution in [1.29, 1.82) is 10.5 Å². The summed E-state index contributed by atoms with van der Waals surface area (Å²) in [5, 5.41) is 18.6. The van der Waals surface area contributed by atoms with Gasteiger partial charge in [-0.2, -0.15) is 10.5 Å². The zero-order valence-electron chi connectivity index (χ0n) is 19.5. The molecule has 13 heteroatoms. The molecule has 2 saturated heterocycles. The fourth-order valence-electron chi connectivity index (χ4n) is 4.32. The van der Waals surface area contributed by atoms with Gasteiger partial charge >= 0.3 is 0 Å². The number of piperidine rings is 1. The van der Waals surface area contributed by atoms with Crippen LogP contribution in [-0.4, -0.2) is 65.1 Å². The number of thiazole rings is 2. The lowest BCUT2D eigenvalue weighted by Gasteiger charge is -2.34. The fraction of sp³-hybridized carbons (Fsp3) is 0.652. The van der Waals surface area contributed by atoms with E-state index in [0.717, 1.165) is 34.7 Å². The van der Waals surface area contributed by atoms with Crippen LogP contribution in [0.3, 0.4) is 0 Å². The van der Waals surface area contributed by atoms with Crippen molar-refractivity contribution in [3.63, 3.8) is 0 Å². The molecule has 0 spiro atoms. The molecule has 5 rings (SSSR count). The van der Waals surface area contributed by atoms with Gasteiger partial charge in [-0.1, -0.05) is 0 Å². The number of rotatable bonds is 6. The van der Waals surface area contributed by atoms with Crippen LogP contribution in [0.15, 0.2) is 11.0 Å². The summed E-state index contributed by atoms with van der Waals surface area (Å²) in [6.45, 7) is 2.79. The number of hydrogen-bond acceptors (Lipinski definition) is 9. The molecule has 0 amide bonds. The number of likely N-dealkylation sites (tertiary alicyclic amines) is 1. The standard InChI is InChI=1S/C13H15F2N3S.C10H11F2N3OS/c14-13(15)3-5-18(6-4-13)10(7-16)12-11(9-1-2-9)17-8-19-12;11-10(12)8-9(17-6-14-8)7(5-13)15-1-3-16-4-2-15/h8-10H,1-6H2;6-7,10H,1-4H2. The highest BCUT2D eigenvalue weighted by Crippen LogP contribution is 2.45. The Kier molecular flexibility index (Phi) is 8.91. The first-order valence-corrected chi connectivity index (χ1v) is 13.5. The summed E-state index contributed by atoms with van der Waals surface area (Å²) in [6.07, 6.45) is -0.668. The van der Waals surface area contributed by atoms with E-state index in [1.807, 2.05) is 9.80 Å². The normalized spacial score (nSPS) is 22.2. The highest BCUT2D eigenvalue weighted by Gasteiger charge is 2.39. The van der Waals surface area contributed by atoms with E-state index in [0.29, 0.717) is 37.1 Å². The van der Waals surface area contributed by atoms with Gasteiger partial charge in [0.05, 0.1) is 51.8 Å². The van der Waals surface area contributed by atoms with Crippen molar-refractivity contribution in [3.05, 3.63) is 32.2 Å². The molecule has 194 valence electrons. The van der Waals surface area contributed by atoms with Crippen LogP contribution >= 0.6 is 22.7 Å². The zero-order chi connectivity index (χ0) is 25.7. The molecular weight excluding hydrogens is 516 g/mol. The van der Waals surface area contributed by atoms with E-state index in [-0.39, 0.29) is 31.6 Å². The van der Waals surface area contributed by atoms with E-state index >= 15 is 0 Å². The van der Waals surface area contributed by atoms with Crippen LogP contribution in [-0.2, 0) is 4.74 Å². The van der Waals surface area contributed by atoms with Crippen molar-refractivity contribution in [2.75, 3.05) is 39.4 Å². The second kappa shape index (κ2) is 11.9. The van der Waals surface area contributed by atoms with Crippen molar-refractivity contribution in [1.82, 2.24) is 19.8 Å². The maximum atomic E-state index is 13.2. The molecule has 0 bridgehead atoms. The topological polar surface area (TPSA) is 89.1 Å². The Morgan fingerprint density at radius 2 is 1.47 bits per heavy atom. The number of nitriles is 2. The number of nitrogens with zero attached hydrogens (tertiary/aromatic N) is 6. The van der Waals surface area contributed by atoms with Crippen LogP contribution in [0.5, 0.6) is 0 Å². The maximum Gasteiger partial charge on any atom is 0.281 e. The first-order chi connectivity index (χ1) is 17.3. The van der Waals surface area contributed by atoms with Gasteiger partial charge in [0.15, 0.2) is 0 Å². The summed E-state index contributed by atoms with van der Waals surface area (Å²) in [5.74, 6) is -2.08. The van der Waals surface area contributed by atoms with Gasteiger partial charge in [0.2, 0.25) is 0 Å². The third-order valence-corrected chi connectivity index (χ3v) is 8.26. The van der Waals surface area contributed by atoms with E-state index in [1.54, 1.807) is 5.51 Å². The molecule has 2 aromatic rings. The molecule has 7 nitrogen and oxygen atoms in total. The molecule has 1 aliphatic carbocycles. The average molecular weight is 543 g/mol.